The van der Waals surface area contributed by atoms with Gasteiger partial charge in [0.25, 0.3) is 0 Å². The van der Waals surface area contributed by atoms with Crippen molar-refractivity contribution in [2.75, 3.05) is 16.8 Å². The number of carbonyl (C=O) groups excluding carboxylic acids is 2. The molecule has 2 aromatic rings. The maximum absolute atomic E-state index is 12.3. The van der Waals surface area contributed by atoms with Gasteiger partial charge in [0.2, 0.25) is 11.8 Å². The van der Waals surface area contributed by atoms with Gasteiger partial charge in [-0.05, 0) is 56.7 Å². The average molecular weight is 340 g/mol. The molecule has 0 aliphatic heterocycles. The molecular weight excluding hydrogens is 316 g/mol. The molecule has 0 radical (unpaired) electrons. The van der Waals surface area contributed by atoms with Crippen LogP contribution in [0.4, 0.5) is 11.4 Å². The van der Waals surface area contributed by atoms with Crippen LogP contribution in [0.2, 0.25) is 0 Å². The SMILES string of the molecule is CC(=O)N(CC(=O)Nc1ccccc1C)c1ccc(OC(C)C)cc1. The Bertz CT molecular complexity index is 739. The van der Waals surface area contributed by atoms with E-state index < -0.39 is 0 Å². The number of amides is 2. The fraction of sp³-hybridized carbons (Fsp3) is 0.300. The normalized spacial score (nSPS) is 10.4. The van der Waals surface area contributed by atoms with Crippen molar-refractivity contribution in [1.29, 1.82) is 0 Å². The highest BCUT2D eigenvalue weighted by Gasteiger charge is 2.16. The Morgan fingerprint density at radius 1 is 1.08 bits per heavy atom. The molecule has 0 aliphatic carbocycles. The van der Waals surface area contributed by atoms with Gasteiger partial charge in [-0.15, -0.1) is 0 Å². The smallest absolute Gasteiger partial charge is 0.244 e. The molecule has 0 bridgehead atoms. The molecule has 1 N–H and O–H groups in total. The van der Waals surface area contributed by atoms with Crippen LogP contribution in [0.5, 0.6) is 5.75 Å². The highest BCUT2D eigenvalue weighted by molar-refractivity contribution is 6.02. The molecule has 0 aliphatic rings. The van der Waals surface area contributed by atoms with Gasteiger partial charge in [-0.2, -0.15) is 0 Å². The van der Waals surface area contributed by atoms with E-state index in [1.54, 1.807) is 24.3 Å². The fourth-order valence-electron chi connectivity index (χ4n) is 2.41. The molecule has 2 aromatic carbocycles. The van der Waals surface area contributed by atoms with Gasteiger partial charge in [0.1, 0.15) is 12.3 Å². The van der Waals surface area contributed by atoms with E-state index in [9.17, 15) is 9.59 Å². The first-order valence-electron chi connectivity index (χ1n) is 8.27. The van der Waals surface area contributed by atoms with Crippen LogP contribution in [-0.4, -0.2) is 24.5 Å². The molecule has 0 atom stereocenters. The molecule has 0 fully saturated rings. The second kappa shape index (κ2) is 8.33. The molecular formula is C20H24N2O3. The monoisotopic (exact) mass is 340 g/mol. The number of aryl methyl sites for hydroxylation is 1. The summed E-state index contributed by atoms with van der Waals surface area (Å²) in [6, 6.07) is 14.7. The van der Waals surface area contributed by atoms with Gasteiger partial charge < -0.3 is 15.0 Å². The number of hydrogen-bond donors (Lipinski definition) is 1. The summed E-state index contributed by atoms with van der Waals surface area (Å²) in [5.41, 5.74) is 2.38. The lowest BCUT2D eigenvalue weighted by Crippen LogP contribution is -2.36. The number of benzene rings is 2. The van der Waals surface area contributed by atoms with Gasteiger partial charge in [0.15, 0.2) is 0 Å². The second-order valence-electron chi connectivity index (χ2n) is 6.13. The first kappa shape index (κ1) is 18.5. The molecule has 0 unspecified atom stereocenters. The van der Waals surface area contributed by atoms with E-state index >= 15 is 0 Å². The van der Waals surface area contributed by atoms with Gasteiger partial charge in [0.05, 0.1) is 6.10 Å². The first-order chi connectivity index (χ1) is 11.9. The summed E-state index contributed by atoms with van der Waals surface area (Å²) in [6.07, 6.45) is 0.0784. The van der Waals surface area contributed by atoms with E-state index in [0.29, 0.717) is 5.69 Å². The zero-order valence-electron chi connectivity index (χ0n) is 15.1. The number of rotatable bonds is 6. The molecule has 2 rings (SSSR count). The summed E-state index contributed by atoms with van der Waals surface area (Å²) >= 11 is 0. The van der Waals surface area contributed by atoms with E-state index in [2.05, 4.69) is 5.32 Å². The van der Waals surface area contributed by atoms with E-state index in [0.717, 1.165) is 17.0 Å². The van der Waals surface area contributed by atoms with Crippen molar-refractivity contribution in [2.24, 2.45) is 0 Å². The Kier molecular flexibility index (Phi) is 6.17. The number of nitrogens with one attached hydrogen (secondary N) is 1. The summed E-state index contributed by atoms with van der Waals surface area (Å²) in [6.45, 7) is 7.22. The van der Waals surface area contributed by atoms with E-state index in [1.807, 2.05) is 45.0 Å². The summed E-state index contributed by atoms with van der Waals surface area (Å²) in [7, 11) is 0. The zero-order valence-corrected chi connectivity index (χ0v) is 15.1. The highest BCUT2D eigenvalue weighted by atomic mass is 16.5. The van der Waals surface area contributed by atoms with Crippen LogP contribution < -0.4 is 15.0 Å². The Morgan fingerprint density at radius 3 is 2.28 bits per heavy atom. The summed E-state index contributed by atoms with van der Waals surface area (Å²) in [5, 5.41) is 2.85. The second-order valence-corrected chi connectivity index (χ2v) is 6.13. The maximum Gasteiger partial charge on any atom is 0.244 e. The Balaban J connectivity index is 2.09. The van der Waals surface area contributed by atoms with Crippen LogP contribution in [0, 0.1) is 6.92 Å². The number of nitrogens with zero attached hydrogens (tertiary/aromatic N) is 1. The molecule has 0 saturated carbocycles. The number of ether oxygens (including phenoxy) is 1. The molecule has 25 heavy (non-hydrogen) atoms. The molecule has 132 valence electrons. The lowest BCUT2D eigenvalue weighted by Gasteiger charge is -2.21. The number of hydrogen-bond acceptors (Lipinski definition) is 3. The minimum Gasteiger partial charge on any atom is -0.491 e. The predicted molar refractivity (Wildman–Crippen MR) is 100 cm³/mol. The lowest BCUT2D eigenvalue weighted by molar-refractivity contribution is -0.120. The third-order valence-corrected chi connectivity index (χ3v) is 3.62. The predicted octanol–water partition coefficient (Wildman–Crippen LogP) is 3.77. The average Bonchev–Trinajstić information content (AvgIpc) is 2.55. The summed E-state index contributed by atoms with van der Waals surface area (Å²) in [5.74, 6) is 0.288. The number of anilines is 2. The van der Waals surface area contributed by atoms with Crippen molar-refractivity contribution in [3.8, 4) is 5.75 Å². The molecule has 0 spiro atoms. The highest BCUT2D eigenvalue weighted by Crippen LogP contribution is 2.21. The van der Waals surface area contributed by atoms with Crippen LogP contribution in [-0.2, 0) is 9.59 Å². The molecule has 5 heteroatoms. The van der Waals surface area contributed by atoms with Crippen molar-refractivity contribution < 1.29 is 14.3 Å². The minimum atomic E-state index is -0.244. The van der Waals surface area contributed by atoms with Gasteiger partial charge in [-0.3, -0.25) is 9.59 Å². The van der Waals surface area contributed by atoms with Gasteiger partial charge in [0, 0.05) is 18.3 Å². The lowest BCUT2D eigenvalue weighted by atomic mass is 10.2. The molecule has 0 aromatic heterocycles. The quantitative estimate of drug-likeness (QED) is 0.871. The summed E-state index contributed by atoms with van der Waals surface area (Å²) < 4.78 is 5.60. The molecule has 5 nitrogen and oxygen atoms in total. The van der Waals surface area contributed by atoms with Crippen molar-refractivity contribution in [3.05, 3.63) is 54.1 Å². The van der Waals surface area contributed by atoms with E-state index in [4.69, 9.17) is 4.74 Å². The van der Waals surface area contributed by atoms with Gasteiger partial charge in [-0.25, -0.2) is 0 Å². The van der Waals surface area contributed by atoms with Crippen molar-refractivity contribution >= 4 is 23.2 Å². The topological polar surface area (TPSA) is 58.6 Å². The summed E-state index contributed by atoms with van der Waals surface area (Å²) in [4.78, 5) is 25.7. The third kappa shape index (κ3) is 5.35. The van der Waals surface area contributed by atoms with Crippen LogP contribution in [0.25, 0.3) is 0 Å². The Labute approximate surface area is 148 Å². The van der Waals surface area contributed by atoms with Crippen LogP contribution in [0.3, 0.4) is 0 Å². The van der Waals surface area contributed by atoms with Crippen molar-refractivity contribution in [1.82, 2.24) is 0 Å². The van der Waals surface area contributed by atoms with E-state index in [1.165, 1.54) is 11.8 Å². The molecule has 0 saturated heterocycles. The van der Waals surface area contributed by atoms with Crippen LogP contribution >= 0.6 is 0 Å². The first-order valence-corrected chi connectivity index (χ1v) is 8.27. The van der Waals surface area contributed by atoms with Crippen LogP contribution in [0.15, 0.2) is 48.5 Å². The van der Waals surface area contributed by atoms with Crippen LogP contribution in [0.1, 0.15) is 26.3 Å². The number of carbonyl (C=O) groups is 2. The zero-order chi connectivity index (χ0) is 18.4. The fourth-order valence-corrected chi connectivity index (χ4v) is 2.41. The minimum absolute atomic E-state index is 0.0476. The van der Waals surface area contributed by atoms with Gasteiger partial charge in [-0.1, -0.05) is 18.2 Å². The van der Waals surface area contributed by atoms with Gasteiger partial charge >= 0.3 is 0 Å². The Hall–Kier alpha value is -2.82. The molecule has 0 heterocycles. The standard InChI is InChI=1S/C20H24N2O3/c1-14(2)25-18-11-9-17(10-12-18)22(16(4)23)13-20(24)21-19-8-6-5-7-15(19)3/h5-12,14H,13H2,1-4H3,(H,21,24). The van der Waals surface area contributed by atoms with E-state index in [-0.39, 0.29) is 24.5 Å². The third-order valence-electron chi connectivity index (χ3n) is 3.62. The molecule has 2 amide bonds. The van der Waals surface area contributed by atoms with Crippen molar-refractivity contribution in [2.45, 2.75) is 33.8 Å². The number of para-hydroxylation sites is 1. The van der Waals surface area contributed by atoms with Crippen molar-refractivity contribution in [3.63, 3.8) is 0 Å². The Morgan fingerprint density at radius 2 is 1.72 bits per heavy atom. The largest absolute Gasteiger partial charge is 0.491 e. The maximum atomic E-state index is 12.3.